The molecule has 1 aliphatic carbocycles. The van der Waals surface area contributed by atoms with Crippen molar-refractivity contribution in [1.29, 1.82) is 0 Å². The first-order valence-electron chi connectivity index (χ1n) is 6.52. The van der Waals surface area contributed by atoms with Gasteiger partial charge in [0.25, 0.3) is 0 Å². The fraction of sp³-hybridized carbons (Fsp3) is 0.692. The smallest absolute Gasteiger partial charge is 0.146 e. The van der Waals surface area contributed by atoms with E-state index in [0.717, 1.165) is 28.1 Å². The maximum Gasteiger partial charge on any atom is 0.146 e. The summed E-state index contributed by atoms with van der Waals surface area (Å²) in [5.41, 5.74) is 1.15. The minimum Gasteiger partial charge on any atom is -0.381 e. The quantitative estimate of drug-likeness (QED) is 0.440. The van der Waals surface area contributed by atoms with E-state index in [-0.39, 0.29) is 0 Å². The Balaban J connectivity index is 2.16. The van der Waals surface area contributed by atoms with Gasteiger partial charge in [-0.1, -0.05) is 24.4 Å². The van der Waals surface area contributed by atoms with E-state index in [1.165, 1.54) is 25.7 Å². The molecular weight excluding hydrogens is 363 g/mol. The van der Waals surface area contributed by atoms with Crippen LogP contribution in [-0.4, -0.2) is 23.2 Å². The van der Waals surface area contributed by atoms with Crippen molar-refractivity contribution >= 4 is 34.2 Å². The van der Waals surface area contributed by atoms with E-state index in [1.807, 2.05) is 6.92 Å². The molecule has 5 heteroatoms. The number of aromatic nitrogens is 2. The van der Waals surface area contributed by atoms with Crippen LogP contribution in [0.2, 0.25) is 5.15 Å². The van der Waals surface area contributed by atoms with Crippen molar-refractivity contribution in [1.82, 2.24) is 9.97 Å². The van der Waals surface area contributed by atoms with Crippen LogP contribution in [0.25, 0.3) is 0 Å². The van der Waals surface area contributed by atoms with Crippen LogP contribution >= 0.6 is 34.2 Å². The van der Waals surface area contributed by atoms with Crippen molar-refractivity contribution < 1.29 is 4.74 Å². The second-order valence-electron chi connectivity index (χ2n) is 4.56. The molecule has 1 aromatic rings. The summed E-state index contributed by atoms with van der Waals surface area (Å²) in [5, 5.41) is 0.596. The molecule has 0 spiro atoms. The van der Waals surface area contributed by atoms with Crippen molar-refractivity contribution in [2.24, 2.45) is 0 Å². The molecular formula is C13H18ClIN2O. The molecule has 0 atom stereocenters. The lowest BCUT2D eigenvalue weighted by molar-refractivity contribution is 0.149. The summed E-state index contributed by atoms with van der Waals surface area (Å²) in [6.07, 6.45) is 5.81. The average molecular weight is 381 g/mol. The van der Waals surface area contributed by atoms with E-state index >= 15 is 0 Å². The Morgan fingerprint density at radius 3 is 2.72 bits per heavy atom. The first-order valence-corrected chi connectivity index (χ1v) is 7.97. The predicted molar refractivity (Wildman–Crippen MR) is 81.2 cm³/mol. The molecule has 100 valence electrons. The Morgan fingerprint density at radius 2 is 2.06 bits per heavy atom. The standard InChI is InChI=1S/C13H18ClIN2O/c1-2-18-8-7-10-16-12(9-5-3-4-6-9)11(15)13(14)17-10/h9H,2-8H2,1H3. The Morgan fingerprint density at radius 1 is 1.33 bits per heavy atom. The van der Waals surface area contributed by atoms with Crippen LogP contribution in [0.4, 0.5) is 0 Å². The average Bonchev–Trinajstić information content (AvgIpc) is 2.87. The van der Waals surface area contributed by atoms with Crippen molar-refractivity contribution in [3.63, 3.8) is 0 Å². The molecule has 0 unspecified atom stereocenters. The van der Waals surface area contributed by atoms with Gasteiger partial charge in [0.05, 0.1) is 15.9 Å². The zero-order valence-electron chi connectivity index (χ0n) is 10.6. The Kier molecular flexibility index (Phi) is 5.63. The van der Waals surface area contributed by atoms with Crippen molar-refractivity contribution in [3.8, 4) is 0 Å². The van der Waals surface area contributed by atoms with E-state index in [1.54, 1.807) is 0 Å². The summed E-state index contributed by atoms with van der Waals surface area (Å²) in [7, 11) is 0. The van der Waals surface area contributed by atoms with Gasteiger partial charge in [0, 0.05) is 18.9 Å². The molecule has 3 nitrogen and oxygen atoms in total. The summed E-state index contributed by atoms with van der Waals surface area (Å²) in [4.78, 5) is 9.05. The first-order chi connectivity index (χ1) is 8.72. The predicted octanol–water partition coefficient (Wildman–Crippen LogP) is 3.97. The highest BCUT2D eigenvalue weighted by Gasteiger charge is 2.23. The lowest BCUT2D eigenvalue weighted by Gasteiger charge is -2.13. The van der Waals surface area contributed by atoms with Crippen LogP contribution in [-0.2, 0) is 11.2 Å². The van der Waals surface area contributed by atoms with Gasteiger partial charge in [0.15, 0.2) is 0 Å². The SMILES string of the molecule is CCOCCc1nc(Cl)c(I)c(C2CCCC2)n1. The van der Waals surface area contributed by atoms with Gasteiger partial charge >= 0.3 is 0 Å². The molecule has 1 saturated carbocycles. The molecule has 0 aliphatic heterocycles. The number of nitrogens with zero attached hydrogens (tertiary/aromatic N) is 2. The highest BCUT2D eigenvalue weighted by Crippen LogP contribution is 2.36. The second-order valence-corrected chi connectivity index (χ2v) is 5.99. The van der Waals surface area contributed by atoms with Gasteiger partial charge in [-0.15, -0.1) is 0 Å². The highest BCUT2D eigenvalue weighted by molar-refractivity contribution is 14.1. The Labute approximate surface area is 127 Å². The summed E-state index contributed by atoms with van der Waals surface area (Å²) in [5.74, 6) is 1.39. The fourth-order valence-corrected chi connectivity index (χ4v) is 3.25. The zero-order chi connectivity index (χ0) is 13.0. The maximum atomic E-state index is 6.21. The molecule has 18 heavy (non-hydrogen) atoms. The van der Waals surface area contributed by atoms with Crippen molar-refractivity contribution in [2.45, 2.75) is 44.9 Å². The molecule has 2 rings (SSSR count). The summed E-state index contributed by atoms with van der Waals surface area (Å²) in [6.45, 7) is 3.39. The maximum absolute atomic E-state index is 6.21. The van der Waals surface area contributed by atoms with Gasteiger partial charge in [0.2, 0.25) is 0 Å². The van der Waals surface area contributed by atoms with E-state index in [0.29, 0.717) is 17.7 Å². The topological polar surface area (TPSA) is 35.0 Å². The van der Waals surface area contributed by atoms with Crippen LogP contribution in [0.15, 0.2) is 0 Å². The van der Waals surface area contributed by atoms with Gasteiger partial charge in [-0.3, -0.25) is 0 Å². The third-order valence-corrected chi connectivity index (χ3v) is 4.95. The summed E-state index contributed by atoms with van der Waals surface area (Å²) >= 11 is 8.48. The third-order valence-electron chi connectivity index (χ3n) is 3.30. The molecule has 1 aliphatic rings. The monoisotopic (exact) mass is 380 g/mol. The molecule has 0 N–H and O–H groups in total. The van der Waals surface area contributed by atoms with Gasteiger partial charge in [-0.25, -0.2) is 9.97 Å². The van der Waals surface area contributed by atoms with Crippen LogP contribution in [0.5, 0.6) is 0 Å². The fourth-order valence-electron chi connectivity index (χ4n) is 2.37. The Bertz CT molecular complexity index is 408. The molecule has 0 aromatic carbocycles. The highest BCUT2D eigenvalue weighted by atomic mass is 127. The largest absolute Gasteiger partial charge is 0.381 e. The second kappa shape index (κ2) is 7.01. The van der Waals surface area contributed by atoms with Gasteiger partial charge in [-0.2, -0.15) is 0 Å². The van der Waals surface area contributed by atoms with Crippen molar-refractivity contribution in [2.75, 3.05) is 13.2 Å². The molecule has 1 fully saturated rings. The number of ether oxygens (including phenoxy) is 1. The third kappa shape index (κ3) is 3.54. The number of rotatable bonds is 5. The minimum absolute atomic E-state index is 0.572. The Hall–Kier alpha value is 0.0600. The molecule has 1 heterocycles. The minimum atomic E-state index is 0.572. The summed E-state index contributed by atoms with van der Waals surface area (Å²) < 4.78 is 6.38. The van der Waals surface area contributed by atoms with E-state index in [9.17, 15) is 0 Å². The lowest BCUT2D eigenvalue weighted by atomic mass is 10.0. The van der Waals surface area contributed by atoms with Crippen LogP contribution < -0.4 is 0 Å². The van der Waals surface area contributed by atoms with Gasteiger partial charge in [0.1, 0.15) is 11.0 Å². The number of hydrogen-bond acceptors (Lipinski definition) is 3. The van der Waals surface area contributed by atoms with E-state index in [2.05, 4.69) is 27.6 Å². The molecule has 0 bridgehead atoms. The number of halogens is 2. The normalized spacial score (nSPS) is 16.4. The lowest BCUT2D eigenvalue weighted by Crippen LogP contribution is -2.09. The zero-order valence-corrected chi connectivity index (χ0v) is 13.5. The van der Waals surface area contributed by atoms with E-state index in [4.69, 9.17) is 21.3 Å². The van der Waals surface area contributed by atoms with E-state index < -0.39 is 0 Å². The molecule has 0 amide bonds. The van der Waals surface area contributed by atoms with Crippen LogP contribution in [0, 0.1) is 3.57 Å². The van der Waals surface area contributed by atoms with Crippen LogP contribution in [0.3, 0.4) is 0 Å². The molecule has 1 aromatic heterocycles. The molecule has 0 radical (unpaired) electrons. The van der Waals surface area contributed by atoms with Gasteiger partial charge in [-0.05, 0) is 42.4 Å². The van der Waals surface area contributed by atoms with Crippen molar-refractivity contribution in [3.05, 3.63) is 20.2 Å². The number of hydrogen-bond donors (Lipinski definition) is 0. The first kappa shape index (κ1) is 14.5. The van der Waals surface area contributed by atoms with Gasteiger partial charge < -0.3 is 4.74 Å². The van der Waals surface area contributed by atoms with Crippen LogP contribution in [0.1, 0.15) is 50.0 Å². The summed E-state index contributed by atoms with van der Waals surface area (Å²) in [6, 6.07) is 0. The molecule has 0 saturated heterocycles.